The Hall–Kier alpha value is -3.19. The van der Waals surface area contributed by atoms with Crippen LogP contribution in [0.1, 0.15) is 17.0 Å². The van der Waals surface area contributed by atoms with E-state index in [1.54, 1.807) is 26.0 Å². The van der Waals surface area contributed by atoms with Gasteiger partial charge in [0.25, 0.3) is 10.0 Å². The van der Waals surface area contributed by atoms with E-state index in [-0.39, 0.29) is 6.01 Å². The van der Waals surface area contributed by atoms with E-state index in [2.05, 4.69) is 14.7 Å². The minimum atomic E-state index is -3.70. The number of aromatic nitrogens is 2. The van der Waals surface area contributed by atoms with Crippen molar-refractivity contribution in [3.8, 4) is 11.8 Å². The van der Waals surface area contributed by atoms with Gasteiger partial charge in [0.05, 0.1) is 22.5 Å². The predicted octanol–water partition coefficient (Wildman–Crippen LogP) is 4.30. The van der Waals surface area contributed by atoms with Crippen LogP contribution in [0.2, 0.25) is 0 Å². The molecule has 0 amide bonds. The number of nitrogens with one attached hydrogen (secondary N) is 1. The summed E-state index contributed by atoms with van der Waals surface area (Å²) in [6.45, 7) is 3.40. The van der Waals surface area contributed by atoms with Crippen LogP contribution in [0, 0.1) is 13.8 Å². The Morgan fingerprint density at radius 2 is 1.44 bits per heavy atom. The molecular formula is C20H19N3O3S. The van der Waals surface area contributed by atoms with Gasteiger partial charge in [0.1, 0.15) is 5.75 Å². The van der Waals surface area contributed by atoms with Gasteiger partial charge in [-0.2, -0.15) is 9.97 Å². The van der Waals surface area contributed by atoms with Crippen LogP contribution in [0.15, 0.2) is 66.1 Å². The maximum Gasteiger partial charge on any atom is 0.322 e. The van der Waals surface area contributed by atoms with Crippen molar-refractivity contribution in [3.63, 3.8) is 0 Å². The van der Waals surface area contributed by atoms with Crippen LogP contribution in [0.5, 0.6) is 11.8 Å². The number of benzene rings is 2. The molecule has 1 heterocycles. The van der Waals surface area contributed by atoms with E-state index >= 15 is 0 Å². The second-order valence-electron chi connectivity index (χ2n) is 5.83. The van der Waals surface area contributed by atoms with Gasteiger partial charge in [0, 0.05) is 0 Å². The van der Waals surface area contributed by atoms with Gasteiger partial charge in [0.2, 0.25) is 0 Å². The molecule has 0 bridgehead atoms. The van der Waals surface area contributed by atoms with Crippen molar-refractivity contribution in [2.24, 2.45) is 0 Å². The van der Waals surface area contributed by atoms with Crippen molar-refractivity contribution in [1.29, 1.82) is 0 Å². The molecule has 1 aromatic heterocycles. The second kappa shape index (κ2) is 8.01. The van der Waals surface area contributed by atoms with Crippen molar-refractivity contribution < 1.29 is 13.2 Å². The van der Waals surface area contributed by atoms with Gasteiger partial charge < -0.3 is 4.74 Å². The molecule has 6 nitrogen and oxygen atoms in total. The average molecular weight is 381 g/mol. The van der Waals surface area contributed by atoms with Crippen molar-refractivity contribution in [3.05, 3.63) is 83.0 Å². The number of ether oxygens (including phenoxy) is 1. The van der Waals surface area contributed by atoms with Crippen LogP contribution < -0.4 is 9.46 Å². The summed E-state index contributed by atoms with van der Waals surface area (Å²) < 4.78 is 32.9. The third-order valence-corrected chi connectivity index (χ3v) is 4.67. The summed E-state index contributed by atoms with van der Waals surface area (Å²) in [4.78, 5) is 8.49. The molecule has 1 N–H and O–H groups in total. The molecule has 0 saturated heterocycles. The Labute approximate surface area is 158 Å². The van der Waals surface area contributed by atoms with Gasteiger partial charge in [-0.25, -0.2) is 8.42 Å². The molecule has 138 valence electrons. The Morgan fingerprint density at radius 3 is 2.04 bits per heavy atom. The number of aryl methyl sites for hydroxylation is 2. The maximum atomic E-state index is 12.4. The summed E-state index contributed by atoms with van der Waals surface area (Å²) in [5.41, 5.74) is 2.09. The first kappa shape index (κ1) is 18.6. The third-order valence-electron chi connectivity index (χ3n) is 3.69. The van der Waals surface area contributed by atoms with Crippen LogP contribution in [0.4, 0.5) is 5.69 Å². The normalized spacial score (nSPS) is 11.5. The van der Waals surface area contributed by atoms with Crippen molar-refractivity contribution >= 4 is 21.8 Å². The first-order chi connectivity index (χ1) is 12.9. The lowest BCUT2D eigenvalue weighted by molar-refractivity contribution is 0.439. The lowest BCUT2D eigenvalue weighted by Crippen LogP contribution is -2.13. The van der Waals surface area contributed by atoms with Gasteiger partial charge in [-0.15, -0.1) is 0 Å². The molecule has 0 atom stereocenters. The Balaban J connectivity index is 1.79. The predicted molar refractivity (Wildman–Crippen MR) is 106 cm³/mol. The first-order valence-electron chi connectivity index (χ1n) is 8.27. The monoisotopic (exact) mass is 381 g/mol. The zero-order valence-corrected chi connectivity index (χ0v) is 15.8. The number of rotatable bonds is 6. The first-order valence-corrected chi connectivity index (χ1v) is 9.82. The highest BCUT2D eigenvalue weighted by atomic mass is 32.2. The van der Waals surface area contributed by atoms with E-state index in [1.807, 2.05) is 48.5 Å². The van der Waals surface area contributed by atoms with Crippen LogP contribution in [-0.4, -0.2) is 18.4 Å². The molecule has 0 unspecified atom stereocenters. The van der Waals surface area contributed by atoms with Gasteiger partial charge in [-0.05, 0) is 37.6 Å². The zero-order chi connectivity index (χ0) is 19.3. The average Bonchev–Trinajstić information content (AvgIpc) is 2.65. The lowest BCUT2D eigenvalue weighted by Gasteiger charge is -2.12. The quantitative estimate of drug-likeness (QED) is 0.688. The molecule has 0 aliphatic carbocycles. The molecule has 0 radical (unpaired) electrons. The van der Waals surface area contributed by atoms with Crippen LogP contribution in [0.25, 0.3) is 6.08 Å². The van der Waals surface area contributed by atoms with Gasteiger partial charge in [-0.1, -0.05) is 48.5 Å². The summed E-state index contributed by atoms with van der Waals surface area (Å²) in [6, 6.07) is 18.5. The Bertz CT molecular complexity index is 1030. The molecule has 0 aliphatic rings. The molecule has 7 heteroatoms. The van der Waals surface area contributed by atoms with E-state index in [9.17, 15) is 8.42 Å². The Morgan fingerprint density at radius 1 is 0.889 bits per heavy atom. The molecule has 3 aromatic rings. The summed E-state index contributed by atoms with van der Waals surface area (Å²) in [6.07, 6.45) is 1.53. The Kier molecular flexibility index (Phi) is 5.52. The molecular weight excluding hydrogens is 362 g/mol. The maximum absolute atomic E-state index is 12.4. The van der Waals surface area contributed by atoms with Crippen LogP contribution >= 0.6 is 0 Å². The van der Waals surface area contributed by atoms with E-state index in [4.69, 9.17) is 4.74 Å². The fourth-order valence-corrected chi connectivity index (χ4v) is 3.37. The van der Waals surface area contributed by atoms with Crippen molar-refractivity contribution in [1.82, 2.24) is 9.97 Å². The summed E-state index contributed by atoms with van der Waals surface area (Å²) in [5, 5.41) is 1.12. The van der Waals surface area contributed by atoms with E-state index in [0.717, 1.165) is 11.0 Å². The van der Waals surface area contributed by atoms with Gasteiger partial charge >= 0.3 is 6.01 Å². The van der Waals surface area contributed by atoms with Gasteiger partial charge in [-0.3, -0.25) is 4.72 Å². The summed E-state index contributed by atoms with van der Waals surface area (Å²) >= 11 is 0. The second-order valence-corrected chi connectivity index (χ2v) is 7.39. The zero-order valence-electron chi connectivity index (χ0n) is 15.0. The number of hydrogen-bond donors (Lipinski definition) is 1. The van der Waals surface area contributed by atoms with Crippen molar-refractivity contribution in [2.75, 3.05) is 4.72 Å². The SMILES string of the molecule is Cc1nc(Oc2ccccc2)nc(C)c1NS(=O)(=O)/C=C/c1ccccc1. The molecule has 3 rings (SSSR count). The fourth-order valence-electron chi connectivity index (χ4n) is 2.38. The van der Waals surface area contributed by atoms with E-state index in [0.29, 0.717) is 22.8 Å². The number of para-hydroxylation sites is 1. The highest BCUT2D eigenvalue weighted by Gasteiger charge is 2.15. The minimum Gasteiger partial charge on any atom is -0.424 e. The highest BCUT2D eigenvalue weighted by molar-refractivity contribution is 7.95. The molecule has 0 spiro atoms. The highest BCUT2D eigenvalue weighted by Crippen LogP contribution is 2.24. The van der Waals surface area contributed by atoms with E-state index < -0.39 is 10.0 Å². The minimum absolute atomic E-state index is 0.166. The summed E-state index contributed by atoms with van der Waals surface area (Å²) in [7, 11) is -3.70. The fraction of sp³-hybridized carbons (Fsp3) is 0.100. The van der Waals surface area contributed by atoms with Gasteiger partial charge in [0.15, 0.2) is 0 Å². The number of nitrogens with zero attached hydrogens (tertiary/aromatic N) is 2. The molecule has 0 saturated carbocycles. The van der Waals surface area contributed by atoms with Crippen LogP contribution in [-0.2, 0) is 10.0 Å². The standard InChI is InChI=1S/C20H19N3O3S/c1-15-19(23-27(24,25)14-13-17-9-5-3-6-10-17)16(2)22-20(21-15)26-18-11-7-4-8-12-18/h3-14,23H,1-2H3/b14-13+. The van der Waals surface area contributed by atoms with Crippen molar-refractivity contribution in [2.45, 2.75) is 13.8 Å². The van der Waals surface area contributed by atoms with Crippen LogP contribution in [0.3, 0.4) is 0 Å². The smallest absolute Gasteiger partial charge is 0.322 e. The topological polar surface area (TPSA) is 81.2 Å². The summed E-state index contributed by atoms with van der Waals surface area (Å²) in [5.74, 6) is 0.607. The number of hydrogen-bond acceptors (Lipinski definition) is 5. The molecule has 0 aliphatic heterocycles. The molecule has 2 aromatic carbocycles. The third kappa shape index (κ3) is 5.15. The number of sulfonamides is 1. The lowest BCUT2D eigenvalue weighted by atomic mass is 10.2. The largest absolute Gasteiger partial charge is 0.424 e. The number of anilines is 1. The van der Waals surface area contributed by atoms with E-state index in [1.165, 1.54) is 6.08 Å². The molecule has 27 heavy (non-hydrogen) atoms. The molecule has 0 fully saturated rings.